The highest BCUT2D eigenvalue weighted by Crippen LogP contribution is 2.43. The zero-order valence-electron chi connectivity index (χ0n) is 15.9. The number of hydrogen-bond acceptors (Lipinski definition) is 3. The van der Waals surface area contributed by atoms with E-state index in [-0.39, 0.29) is 0 Å². The Bertz CT molecular complexity index is 604. The first-order chi connectivity index (χ1) is 13.2. The fourth-order valence-electron chi connectivity index (χ4n) is 4.91. The van der Waals surface area contributed by atoms with E-state index in [4.69, 9.17) is 14.2 Å². The molecular formula is C22H30F2O3. The van der Waals surface area contributed by atoms with Crippen LogP contribution < -0.4 is 0 Å². The van der Waals surface area contributed by atoms with Crippen LogP contribution in [-0.4, -0.2) is 32.2 Å². The van der Waals surface area contributed by atoms with Gasteiger partial charge in [-0.2, -0.15) is 0 Å². The molecule has 2 saturated carbocycles. The molecule has 0 amide bonds. The van der Waals surface area contributed by atoms with Crippen molar-refractivity contribution in [3.63, 3.8) is 0 Å². The second kappa shape index (κ2) is 8.97. The molecule has 3 fully saturated rings. The van der Waals surface area contributed by atoms with E-state index < -0.39 is 11.6 Å². The first-order valence-electron chi connectivity index (χ1n) is 10.4. The van der Waals surface area contributed by atoms with Gasteiger partial charge in [0.05, 0.1) is 19.3 Å². The SMILES string of the molecule is Fc1ccc(C2CCC(C3CCC(OCOCC4CO4)CC3)CC2)cc1F. The number of epoxide rings is 1. The van der Waals surface area contributed by atoms with Crippen molar-refractivity contribution in [1.29, 1.82) is 0 Å². The summed E-state index contributed by atoms with van der Waals surface area (Å²) in [6, 6.07) is 4.41. The Balaban J connectivity index is 1.16. The van der Waals surface area contributed by atoms with Crippen molar-refractivity contribution in [2.24, 2.45) is 11.8 Å². The molecule has 1 heterocycles. The average Bonchev–Trinajstić information content (AvgIpc) is 3.53. The molecule has 0 N–H and O–H groups in total. The van der Waals surface area contributed by atoms with Gasteiger partial charge in [-0.05, 0) is 86.8 Å². The Labute approximate surface area is 160 Å². The van der Waals surface area contributed by atoms with Crippen molar-refractivity contribution < 1.29 is 23.0 Å². The van der Waals surface area contributed by atoms with Crippen molar-refractivity contribution in [3.05, 3.63) is 35.4 Å². The summed E-state index contributed by atoms with van der Waals surface area (Å²) >= 11 is 0. The summed E-state index contributed by atoms with van der Waals surface area (Å²) in [5.74, 6) is 0.468. The minimum atomic E-state index is -0.752. The van der Waals surface area contributed by atoms with Gasteiger partial charge in [-0.1, -0.05) is 6.07 Å². The van der Waals surface area contributed by atoms with Gasteiger partial charge in [-0.15, -0.1) is 0 Å². The Morgan fingerprint density at radius 2 is 1.56 bits per heavy atom. The van der Waals surface area contributed by atoms with Crippen LogP contribution in [0.5, 0.6) is 0 Å². The molecule has 3 aliphatic rings. The van der Waals surface area contributed by atoms with Crippen LogP contribution in [-0.2, 0) is 14.2 Å². The van der Waals surface area contributed by atoms with E-state index in [1.165, 1.54) is 37.8 Å². The summed E-state index contributed by atoms with van der Waals surface area (Å²) in [5.41, 5.74) is 0.959. The summed E-state index contributed by atoms with van der Waals surface area (Å²) < 4.78 is 43.1. The van der Waals surface area contributed by atoms with E-state index >= 15 is 0 Å². The highest BCUT2D eigenvalue weighted by molar-refractivity contribution is 5.22. The molecular weight excluding hydrogens is 350 g/mol. The largest absolute Gasteiger partial charge is 0.371 e. The maximum Gasteiger partial charge on any atom is 0.159 e. The van der Waals surface area contributed by atoms with E-state index in [2.05, 4.69) is 0 Å². The lowest BCUT2D eigenvalue weighted by Crippen LogP contribution is -2.29. The molecule has 150 valence electrons. The summed E-state index contributed by atoms with van der Waals surface area (Å²) in [6.07, 6.45) is 9.91. The molecule has 5 heteroatoms. The number of ether oxygens (including phenoxy) is 3. The lowest BCUT2D eigenvalue weighted by Gasteiger charge is -2.37. The predicted molar refractivity (Wildman–Crippen MR) is 98.4 cm³/mol. The smallest absolute Gasteiger partial charge is 0.159 e. The lowest BCUT2D eigenvalue weighted by molar-refractivity contribution is -0.106. The molecule has 1 saturated heterocycles. The molecule has 0 aromatic heterocycles. The molecule has 4 rings (SSSR count). The number of benzene rings is 1. The first-order valence-corrected chi connectivity index (χ1v) is 10.4. The predicted octanol–water partition coefficient (Wildman–Crippen LogP) is 5.19. The zero-order valence-corrected chi connectivity index (χ0v) is 15.9. The quantitative estimate of drug-likeness (QED) is 0.371. The lowest BCUT2D eigenvalue weighted by atomic mass is 9.69. The van der Waals surface area contributed by atoms with Gasteiger partial charge < -0.3 is 14.2 Å². The summed E-state index contributed by atoms with van der Waals surface area (Å²) in [4.78, 5) is 0. The molecule has 0 radical (unpaired) electrons. The Morgan fingerprint density at radius 3 is 2.19 bits per heavy atom. The molecule has 0 bridgehead atoms. The third-order valence-electron chi connectivity index (χ3n) is 6.67. The molecule has 1 aromatic rings. The Hall–Kier alpha value is -1.04. The first kappa shape index (κ1) is 19.3. The summed E-state index contributed by atoms with van der Waals surface area (Å²) in [6.45, 7) is 1.86. The Kier molecular flexibility index (Phi) is 6.41. The maximum atomic E-state index is 13.5. The van der Waals surface area contributed by atoms with Crippen molar-refractivity contribution in [2.75, 3.05) is 20.0 Å². The molecule has 27 heavy (non-hydrogen) atoms. The standard InChI is InChI=1S/C22H30F2O3/c23-21-10-7-18(11-22(21)24)17-3-1-15(2-4-17)16-5-8-19(9-6-16)27-14-25-12-20-13-26-20/h7,10-11,15-17,19-20H,1-6,8-9,12-14H2. The minimum Gasteiger partial charge on any atom is -0.371 e. The summed E-state index contributed by atoms with van der Waals surface area (Å²) in [7, 11) is 0. The van der Waals surface area contributed by atoms with Gasteiger partial charge >= 0.3 is 0 Å². The highest BCUT2D eigenvalue weighted by atomic mass is 19.2. The van der Waals surface area contributed by atoms with Gasteiger partial charge in [0, 0.05) is 0 Å². The molecule has 1 unspecified atom stereocenters. The van der Waals surface area contributed by atoms with Crippen molar-refractivity contribution >= 4 is 0 Å². The van der Waals surface area contributed by atoms with E-state index in [0.29, 0.717) is 31.5 Å². The van der Waals surface area contributed by atoms with Crippen molar-refractivity contribution in [2.45, 2.75) is 69.5 Å². The van der Waals surface area contributed by atoms with Crippen LogP contribution in [0.1, 0.15) is 62.8 Å². The van der Waals surface area contributed by atoms with Gasteiger partial charge in [0.25, 0.3) is 0 Å². The zero-order chi connectivity index (χ0) is 18.6. The van der Waals surface area contributed by atoms with E-state index in [1.54, 1.807) is 6.07 Å². The van der Waals surface area contributed by atoms with Gasteiger partial charge in [-0.25, -0.2) is 8.78 Å². The topological polar surface area (TPSA) is 31.0 Å². The van der Waals surface area contributed by atoms with Crippen LogP contribution in [0, 0.1) is 23.5 Å². The molecule has 1 aromatic carbocycles. The van der Waals surface area contributed by atoms with Gasteiger partial charge in [0.15, 0.2) is 11.6 Å². The van der Waals surface area contributed by atoms with Crippen molar-refractivity contribution in [3.8, 4) is 0 Å². The Morgan fingerprint density at radius 1 is 0.889 bits per heavy atom. The second-order valence-corrected chi connectivity index (χ2v) is 8.43. The molecule has 2 aliphatic carbocycles. The molecule has 0 spiro atoms. The van der Waals surface area contributed by atoms with Crippen LogP contribution in [0.4, 0.5) is 8.78 Å². The van der Waals surface area contributed by atoms with E-state index in [0.717, 1.165) is 49.7 Å². The highest BCUT2D eigenvalue weighted by Gasteiger charge is 2.32. The van der Waals surface area contributed by atoms with Gasteiger partial charge in [0.1, 0.15) is 12.9 Å². The third-order valence-corrected chi connectivity index (χ3v) is 6.67. The number of rotatable bonds is 7. The third kappa shape index (κ3) is 5.27. The van der Waals surface area contributed by atoms with Crippen LogP contribution >= 0.6 is 0 Å². The average molecular weight is 380 g/mol. The normalized spacial score (nSPS) is 33.8. The van der Waals surface area contributed by atoms with Crippen molar-refractivity contribution in [1.82, 2.24) is 0 Å². The van der Waals surface area contributed by atoms with E-state index in [9.17, 15) is 8.78 Å². The van der Waals surface area contributed by atoms with Gasteiger partial charge in [0.2, 0.25) is 0 Å². The summed E-state index contributed by atoms with van der Waals surface area (Å²) in [5, 5.41) is 0. The number of hydrogen-bond donors (Lipinski definition) is 0. The van der Waals surface area contributed by atoms with Crippen LogP contribution in [0.2, 0.25) is 0 Å². The van der Waals surface area contributed by atoms with Crippen LogP contribution in [0.15, 0.2) is 18.2 Å². The molecule has 1 atom stereocenters. The monoisotopic (exact) mass is 380 g/mol. The fraction of sp³-hybridized carbons (Fsp3) is 0.727. The minimum absolute atomic E-state index is 0.297. The second-order valence-electron chi connectivity index (χ2n) is 8.43. The molecule has 1 aliphatic heterocycles. The molecule has 3 nitrogen and oxygen atoms in total. The number of halogens is 2. The van der Waals surface area contributed by atoms with Gasteiger partial charge in [-0.3, -0.25) is 0 Å². The maximum absolute atomic E-state index is 13.5. The van der Waals surface area contributed by atoms with Crippen LogP contribution in [0.25, 0.3) is 0 Å². The van der Waals surface area contributed by atoms with E-state index in [1.807, 2.05) is 0 Å². The van der Waals surface area contributed by atoms with Crippen LogP contribution in [0.3, 0.4) is 0 Å². The fourth-order valence-corrected chi connectivity index (χ4v) is 4.91.